The van der Waals surface area contributed by atoms with Gasteiger partial charge in [-0.2, -0.15) is 0 Å². The van der Waals surface area contributed by atoms with Crippen molar-refractivity contribution in [3.8, 4) is 11.5 Å². The molecule has 5 rings (SSSR count). The highest BCUT2D eigenvalue weighted by atomic mass is 35.5. The smallest absolute Gasteiger partial charge is 0.296 e. The molecule has 1 aliphatic rings. The Morgan fingerprint density at radius 2 is 1.76 bits per heavy atom. The Bertz CT molecular complexity index is 1670. The third-order valence-electron chi connectivity index (χ3n) is 6.32. The molecular weight excluding hydrogens is 616 g/mol. The largest absolute Gasteiger partial charge is 0.503 e. The summed E-state index contributed by atoms with van der Waals surface area (Å²) in [5.41, 5.74) is 2.08. The fraction of sp³-hybridized carbons (Fsp3) is 0.276. The zero-order chi connectivity index (χ0) is 30.0. The van der Waals surface area contributed by atoms with Crippen LogP contribution in [0.3, 0.4) is 0 Å². The van der Waals surface area contributed by atoms with Gasteiger partial charge in [-0.05, 0) is 63.1 Å². The van der Waals surface area contributed by atoms with Crippen LogP contribution in [0.15, 0.2) is 58.1 Å². The molecule has 13 heteroatoms. The van der Waals surface area contributed by atoms with Gasteiger partial charge < -0.3 is 14.6 Å². The van der Waals surface area contributed by atoms with E-state index in [0.717, 1.165) is 5.56 Å². The lowest BCUT2D eigenvalue weighted by atomic mass is 9.95. The van der Waals surface area contributed by atoms with Gasteiger partial charge in [0.25, 0.3) is 5.91 Å². The summed E-state index contributed by atoms with van der Waals surface area (Å²) >= 11 is 9.88. The van der Waals surface area contributed by atoms with Crippen LogP contribution in [0.2, 0.25) is 5.02 Å². The third-order valence-corrected chi connectivity index (χ3v) is 9.77. The number of aliphatic hydroxyl groups is 1. The summed E-state index contributed by atoms with van der Waals surface area (Å²) in [4.78, 5) is 33.6. The number of amides is 1. The quantitative estimate of drug-likeness (QED) is 0.104. The van der Waals surface area contributed by atoms with Crippen molar-refractivity contribution in [2.24, 2.45) is 0 Å². The van der Waals surface area contributed by atoms with Crippen molar-refractivity contribution in [3.05, 3.63) is 85.5 Å². The van der Waals surface area contributed by atoms with Crippen LogP contribution < -0.4 is 14.4 Å². The standard InChI is InChI=1S/C29H27ClN4O5S3/c1-5-38-20-12-9-18(13-21(20)39-6-2)23-22(24(35)26-15(3)31-16(4)41-26)25(36)27(37)34(23)28-32-33-29(42-28)40-14-17-7-10-19(30)11-8-17/h7-13,23,36H,5-6,14H2,1-4H3. The molecular formula is C29H27ClN4O5S3. The average molecular weight is 643 g/mol. The summed E-state index contributed by atoms with van der Waals surface area (Å²) in [5.74, 6) is -0.219. The first kappa shape index (κ1) is 30.0. The van der Waals surface area contributed by atoms with E-state index in [2.05, 4.69) is 15.2 Å². The number of aryl methyl sites for hydroxylation is 2. The number of aliphatic hydroxyl groups excluding tert-OH is 1. The van der Waals surface area contributed by atoms with Gasteiger partial charge in [0.15, 0.2) is 21.6 Å². The van der Waals surface area contributed by atoms with Crippen molar-refractivity contribution in [1.29, 1.82) is 0 Å². The van der Waals surface area contributed by atoms with E-state index < -0.39 is 23.5 Å². The fourth-order valence-electron chi connectivity index (χ4n) is 4.54. The number of carbonyl (C=O) groups excluding carboxylic acids is 2. The summed E-state index contributed by atoms with van der Waals surface area (Å²) in [6.45, 7) is 8.08. The molecule has 0 saturated carbocycles. The zero-order valence-electron chi connectivity index (χ0n) is 23.2. The van der Waals surface area contributed by atoms with Gasteiger partial charge >= 0.3 is 0 Å². The summed E-state index contributed by atoms with van der Waals surface area (Å²) in [7, 11) is 0. The zero-order valence-corrected chi connectivity index (χ0v) is 26.4. The molecule has 1 unspecified atom stereocenters. The topological polar surface area (TPSA) is 115 Å². The molecule has 2 aromatic carbocycles. The third kappa shape index (κ3) is 6.03. The second-order valence-corrected chi connectivity index (χ2v) is 13.0. The Hall–Kier alpha value is -3.45. The highest BCUT2D eigenvalue weighted by molar-refractivity contribution is 8.00. The van der Waals surface area contributed by atoms with E-state index in [9.17, 15) is 14.7 Å². The number of nitrogens with zero attached hydrogens (tertiary/aromatic N) is 4. The molecule has 0 radical (unpaired) electrons. The number of hydrogen-bond acceptors (Lipinski definition) is 11. The van der Waals surface area contributed by atoms with Crippen LogP contribution in [0.25, 0.3) is 0 Å². The van der Waals surface area contributed by atoms with Crippen LogP contribution in [0.5, 0.6) is 11.5 Å². The van der Waals surface area contributed by atoms with Gasteiger partial charge in [0, 0.05) is 10.8 Å². The van der Waals surface area contributed by atoms with Crippen LogP contribution >= 0.6 is 46.0 Å². The van der Waals surface area contributed by atoms with E-state index in [1.54, 1.807) is 32.0 Å². The highest BCUT2D eigenvalue weighted by Crippen LogP contribution is 2.46. The van der Waals surface area contributed by atoms with Crippen LogP contribution in [0.4, 0.5) is 5.13 Å². The van der Waals surface area contributed by atoms with E-state index in [-0.39, 0.29) is 10.7 Å². The molecule has 4 aromatic rings. The number of Topliss-reactive ketones (excluding diaryl/α,β-unsaturated/α-hetero) is 1. The van der Waals surface area contributed by atoms with Crippen molar-refractivity contribution >= 4 is 62.9 Å². The Morgan fingerprint density at radius 3 is 2.43 bits per heavy atom. The van der Waals surface area contributed by atoms with Crippen molar-refractivity contribution in [3.63, 3.8) is 0 Å². The molecule has 0 spiro atoms. The molecule has 0 fully saturated rings. The molecule has 218 valence electrons. The summed E-state index contributed by atoms with van der Waals surface area (Å²) in [5, 5.41) is 21.4. The number of ketones is 1. The van der Waals surface area contributed by atoms with Crippen molar-refractivity contribution in [2.75, 3.05) is 18.1 Å². The van der Waals surface area contributed by atoms with Gasteiger partial charge in [-0.15, -0.1) is 21.5 Å². The van der Waals surface area contributed by atoms with E-state index >= 15 is 0 Å². The van der Waals surface area contributed by atoms with Crippen LogP contribution in [0, 0.1) is 13.8 Å². The first-order chi connectivity index (χ1) is 20.2. The molecule has 2 aromatic heterocycles. The van der Waals surface area contributed by atoms with E-state index in [4.69, 9.17) is 21.1 Å². The molecule has 9 nitrogen and oxygen atoms in total. The number of rotatable bonds is 11. The number of anilines is 1. The monoisotopic (exact) mass is 642 g/mol. The maximum atomic E-state index is 13.9. The highest BCUT2D eigenvalue weighted by Gasteiger charge is 2.47. The maximum absolute atomic E-state index is 13.9. The van der Waals surface area contributed by atoms with Crippen LogP contribution in [-0.4, -0.2) is 45.2 Å². The van der Waals surface area contributed by atoms with E-state index in [1.807, 2.05) is 38.1 Å². The first-order valence-corrected chi connectivity index (χ1v) is 16.1. The second-order valence-electron chi connectivity index (χ2n) is 9.15. The predicted molar refractivity (Wildman–Crippen MR) is 166 cm³/mol. The molecule has 1 N–H and O–H groups in total. The molecule has 1 amide bonds. The number of thioether (sulfide) groups is 1. The van der Waals surface area contributed by atoms with E-state index in [1.165, 1.54) is 39.3 Å². The molecule has 0 aliphatic carbocycles. The SMILES string of the molecule is CCOc1ccc(C2C(C(=O)c3sc(C)nc3C)=C(O)C(=O)N2c2nnc(SCc3ccc(Cl)cc3)s2)cc1OCC. The number of benzene rings is 2. The lowest BCUT2D eigenvalue weighted by molar-refractivity contribution is -0.117. The maximum Gasteiger partial charge on any atom is 0.296 e. The normalized spacial score (nSPS) is 15.0. The van der Waals surface area contributed by atoms with Gasteiger partial charge in [-0.1, -0.05) is 52.9 Å². The summed E-state index contributed by atoms with van der Waals surface area (Å²) in [6.07, 6.45) is 0. The van der Waals surface area contributed by atoms with Crippen LogP contribution in [0.1, 0.15) is 51.4 Å². The average Bonchev–Trinajstić information content (AvgIpc) is 3.64. The number of hydrogen-bond donors (Lipinski definition) is 1. The number of halogens is 1. The minimum Gasteiger partial charge on any atom is -0.503 e. The minimum absolute atomic E-state index is 0.0519. The van der Waals surface area contributed by atoms with Crippen molar-refractivity contribution in [2.45, 2.75) is 43.8 Å². The second kappa shape index (κ2) is 12.8. The van der Waals surface area contributed by atoms with Gasteiger partial charge in [0.1, 0.15) is 0 Å². The Balaban J connectivity index is 1.55. The Kier molecular flexibility index (Phi) is 9.16. The summed E-state index contributed by atoms with van der Waals surface area (Å²) in [6, 6.07) is 11.7. The van der Waals surface area contributed by atoms with Gasteiger partial charge in [0.2, 0.25) is 10.9 Å². The molecule has 0 saturated heterocycles. The molecule has 1 aliphatic heterocycles. The molecule has 42 heavy (non-hydrogen) atoms. The van der Waals surface area contributed by atoms with Gasteiger partial charge in [-0.25, -0.2) is 4.98 Å². The van der Waals surface area contributed by atoms with Crippen LogP contribution in [-0.2, 0) is 10.5 Å². The lowest BCUT2D eigenvalue weighted by Crippen LogP contribution is -2.31. The fourth-order valence-corrected chi connectivity index (χ4v) is 7.36. The molecule has 0 bridgehead atoms. The minimum atomic E-state index is -0.983. The lowest BCUT2D eigenvalue weighted by Gasteiger charge is -2.25. The summed E-state index contributed by atoms with van der Waals surface area (Å²) < 4.78 is 12.2. The van der Waals surface area contributed by atoms with Crippen molar-refractivity contribution in [1.82, 2.24) is 15.2 Å². The number of thiazole rings is 1. The van der Waals surface area contributed by atoms with Gasteiger partial charge in [0.05, 0.1) is 40.4 Å². The Morgan fingerprint density at radius 1 is 1.05 bits per heavy atom. The number of ether oxygens (including phenoxy) is 2. The van der Waals surface area contributed by atoms with Gasteiger partial charge in [-0.3, -0.25) is 14.5 Å². The number of carbonyl (C=O) groups is 2. The first-order valence-electron chi connectivity index (χ1n) is 13.1. The Labute approximate surface area is 260 Å². The van der Waals surface area contributed by atoms with E-state index in [0.29, 0.717) is 61.0 Å². The molecule has 1 atom stereocenters. The van der Waals surface area contributed by atoms with Crippen molar-refractivity contribution < 1.29 is 24.2 Å². The molecule has 3 heterocycles. The number of aromatic nitrogens is 3. The predicted octanol–water partition coefficient (Wildman–Crippen LogP) is 7.14.